The van der Waals surface area contributed by atoms with E-state index in [1.165, 1.54) is 6.92 Å². The molecule has 0 spiro atoms. The van der Waals surface area contributed by atoms with Gasteiger partial charge < -0.3 is 14.8 Å². The molecule has 0 saturated carbocycles. The fourth-order valence-corrected chi connectivity index (χ4v) is 2.79. The fourth-order valence-electron chi connectivity index (χ4n) is 2.79. The minimum atomic E-state index is -0.969. The van der Waals surface area contributed by atoms with Crippen molar-refractivity contribution in [3.8, 4) is 5.75 Å². The number of carbonyl (C=O) groups excluding carboxylic acids is 3. The summed E-state index contributed by atoms with van der Waals surface area (Å²) >= 11 is 0. The number of Topliss-reactive ketones (excluding diaryl/α,β-unsaturated/α-hetero) is 1. The Morgan fingerprint density at radius 1 is 0.931 bits per heavy atom. The van der Waals surface area contributed by atoms with Gasteiger partial charge in [0, 0.05) is 5.56 Å². The van der Waals surface area contributed by atoms with Gasteiger partial charge in [-0.3, -0.25) is 9.59 Å². The van der Waals surface area contributed by atoms with Crippen LogP contribution in [-0.4, -0.2) is 36.9 Å². The standard InChI is InChI=1S/C23H27NO5/c1-15(2)21(24-20(25)14-17-8-6-5-7-9-17)23(27)29-16(3)22(26)18-10-12-19(28-4)13-11-18/h5-13,15-16,21H,14H2,1-4H3,(H,24,25)/t16?,21-/m0/s1. The van der Waals surface area contributed by atoms with E-state index in [0.29, 0.717) is 11.3 Å². The average Bonchev–Trinajstić information content (AvgIpc) is 2.71. The van der Waals surface area contributed by atoms with Crippen LogP contribution in [-0.2, 0) is 20.7 Å². The zero-order valence-electron chi connectivity index (χ0n) is 17.2. The van der Waals surface area contributed by atoms with Gasteiger partial charge in [0.25, 0.3) is 0 Å². The van der Waals surface area contributed by atoms with Gasteiger partial charge in [0.15, 0.2) is 6.10 Å². The Kier molecular flexibility index (Phi) is 7.95. The van der Waals surface area contributed by atoms with E-state index >= 15 is 0 Å². The summed E-state index contributed by atoms with van der Waals surface area (Å²) in [5.74, 6) is -0.784. The van der Waals surface area contributed by atoms with Crippen molar-refractivity contribution in [2.24, 2.45) is 5.92 Å². The van der Waals surface area contributed by atoms with E-state index in [-0.39, 0.29) is 24.0 Å². The Hall–Kier alpha value is -3.15. The van der Waals surface area contributed by atoms with Crippen LogP contribution in [0.4, 0.5) is 0 Å². The number of carbonyl (C=O) groups is 3. The summed E-state index contributed by atoms with van der Waals surface area (Å²) in [5.41, 5.74) is 1.27. The number of ketones is 1. The van der Waals surface area contributed by atoms with Crippen LogP contribution in [0.25, 0.3) is 0 Å². The minimum Gasteiger partial charge on any atom is -0.497 e. The van der Waals surface area contributed by atoms with Gasteiger partial charge in [-0.1, -0.05) is 44.2 Å². The number of hydrogen-bond donors (Lipinski definition) is 1. The predicted octanol–water partition coefficient (Wildman–Crippen LogP) is 3.19. The first kappa shape index (κ1) is 22.1. The summed E-state index contributed by atoms with van der Waals surface area (Å²) in [6.07, 6.45) is -0.805. The summed E-state index contributed by atoms with van der Waals surface area (Å²) in [7, 11) is 1.54. The van der Waals surface area contributed by atoms with Crippen molar-refractivity contribution < 1.29 is 23.9 Å². The van der Waals surface area contributed by atoms with E-state index in [2.05, 4.69) is 5.32 Å². The first-order valence-corrected chi connectivity index (χ1v) is 9.54. The lowest BCUT2D eigenvalue weighted by atomic mass is 10.0. The van der Waals surface area contributed by atoms with Gasteiger partial charge in [0.2, 0.25) is 11.7 Å². The van der Waals surface area contributed by atoms with Crippen LogP contribution in [0.3, 0.4) is 0 Å². The Bertz CT molecular complexity index is 830. The highest BCUT2D eigenvalue weighted by Crippen LogP contribution is 2.15. The molecule has 0 aliphatic heterocycles. The molecule has 0 bridgehead atoms. The number of benzene rings is 2. The average molecular weight is 397 g/mol. The monoisotopic (exact) mass is 397 g/mol. The number of rotatable bonds is 9. The van der Waals surface area contributed by atoms with Crippen LogP contribution in [0.5, 0.6) is 5.75 Å². The lowest BCUT2D eigenvalue weighted by Gasteiger charge is -2.23. The number of nitrogens with one attached hydrogen (secondary N) is 1. The third-order valence-corrected chi connectivity index (χ3v) is 4.48. The van der Waals surface area contributed by atoms with E-state index in [4.69, 9.17) is 9.47 Å². The van der Waals surface area contributed by atoms with E-state index in [1.54, 1.807) is 31.4 Å². The summed E-state index contributed by atoms with van der Waals surface area (Å²) in [4.78, 5) is 37.5. The van der Waals surface area contributed by atoms with Crippen LogP contribution < -0.4 is 10.1 Å². The number of methoxy groups -OCH3 is 1. The summed E-state index contributed by atoms with van der Waals surface area (Å²) in [5, 5.41) is 2.72. The first-order valence-electron chi connectivity index (χ1n) is 9.54. The lowest BCUT2D eigenvalue weighted by molar-refractivity contribution is -0.151. The molecule has 29 heavy (non-hydrogen) atoms. The zero-order valence-corrected chi connectivity index (χ0v) is 17.2. The Morgan fingerprint density at radius 2 is 1.55 bits per heavy atom. The molecule has 2 aromatic carbocycles. The van der Waals surface area contributed by atoms with Crippen molar-refractivity contribution >= 4 is 17.7 Å². The highest BCUT2D eigenvalue weighted by atomic mass is 16.5. The van der Waals surface area contributed by atoms with Gasteiger partial charge >= 0.3 is 5.97 Å². The molecular weight excluding hydrogens is 370 g/mol. The number of hydrogen-bond acceptors (Lipinski definition) is 5. The van der Waals surface area contributed by atoms with Gasteiger partial charge in [-0.2, -0.15) is 0 Å². The van der Waals surface area contributed by atoms with E-state index in [9.17, 15) is 14.4 Å². The van der Waals surface area contributed by atoms with Crippen LogP contribution >= 0.6 is 0 Å². The molecule has 2 atom stereocenters. The third kappa shape index (κ3) is 6.45. The molecule has 1 unspecified atom stereocenters. The number of esters is 1. The van der Waals surface area contributed by atoms with Gasteiger partial charge in [-0.15, -0.1) is 0 Å². The van der Waals surface area contributed by atoms with Gasteiger partial charge in [-0.25, -0.2) is 4.79 Å². The normalized spacial score (nSPS) is 12.7. The molecule has 154 valence electrons. The number of ether oxygens (including phenoxy) is 2. The molecule has 2 rings (SSSR count). The maximum absolute atomic E-state index is 12.6. The lowest BCUT2D eigenvalue weighted by Crippen LogP contribution is -2.47. The van der Waals surface area contributed by atoms with Gasteiger partial charge in [-0.05, 0) is 42.7 Å². The molecule has 0 fully saturated rings. The SMILES string of the molecule is COc1ccc(C(=O)C(C)OC(=O)[C@@H](NC(=O)Cc2ccccc2)C(C)C)cc1. The summed E-state index contributed by atoms with van der Waals surface area (Å²) in [6.45, 7) is 5.14. The largest absolute Gasteiger partial charge is 0.497 e. The van der Waals surface area contributed by atoms with Crippen molar-refractivity contribution in [2.75, 3.05) is 7.11 Å². The minimum absolute atomic E-state index is 0.164. The van der Waals surface area contributed by atoms with Crippen molar-refractivity contribution in [3.63, 3.8) is 0 Å². The maximum Gasteiger partial charge on any atom is 0.329 e. The Balaban J connectivity index is 1.98. The van der Waals surface area contributed by atoms with Crippen molar-refractivity contribution in [2.45, 2.75) is 39.3 Å². The molecule has 0 aliphatic rings. The summed E-state index contributed by atoms with van der Waals surface area (Å²) in [6, 6.07) is 15.0. The van der Waals surface area contributed by atoms with Crippen molar-refractivity contribution in [3.05, 3.63) is 65.7 Å². The second-order valence-electron chi connectivity index (χ2n) is 7.12. The Labute approximate surface area is 171 Å². The quantitative estimate of drug-likeness (QED) is 0.519. The highest BCUT2D eigenvalue weighted by molar-refractivity contribution is 6.00. The molecule has 0 saturated heterocycles. The van der Waals surface area contributed by atoms with E-state index in [1.807, 2.05) is 44.2 Å². The van der Waals surface area contributed by atoms with Crippen LogP contribution in [0, 0.1) is 5.92 Å². The maximum atomic E-state index is 12.6. The van der Waals surface area contributed by atoms with E-state index in [0.717, 1.165) is 5.56 Å². The zero-order chi connectivity index (χ0) is 21.4. The molecule has 6 nitrogen and oxygen atoms in total. The molecule has 2 aromatic rings. The molecule has 0 heterocycles. The second kappa shape index (κ2) is 10.4. The topological polar surface area (TPSA) is 81.7 Å². The molecule has 0 aromatic heterocycles. The first-order chi connectivity index (χ1) is 13.8. The Morgan fingerprint density at radius 3 is 2.10 bits per heavy atom. The van der Waals surface area contributed by atoms with Gasteiger partial charge in [0.1, 0.15) is 11.8 Å². The molecule has 0 aliphatic carbocycles. The smallest absolute Gasteiger partial charge is 0.329 e. The van der Waals surface area contributed by atoms with Crippen molar-refractivity contribution in [1.82, 2.24) is 5.32 Å². The molecule has 1 amide bonds. The van der Waals surface area contributed by atoms with Crippen LogP contribution in [0.2, 0.25) is 0 Å². The summed E-state index contributed by atoms with van der Waals surface area (Å²) < 4.78 is 10.4. The molecule has 6 heteroatoms. The molecule has 1 N–H and O–H groups in total. The fraction of sp³-hybridized carbons (Fsp3) is 0.348. The second-order valence-corrected chi connectivity index (χ2v) is 7.12. The van der Waals surface area contributed by atoms with Crippen molar-refractivity contribution in [1.29, 1.82) is 0 Å². The van der Waals surface area contributed by atoms with Gasteiger partial charge in [0.05, 0.1) is 13.5 Å². The predicted molar refractivity (Wildman–Crippen MR) is 110 cm³/mol. The van der Waals surface area contributed by atoms with Crippen LogP contribution in [0.1, 0.15) is 36.7 Å². The molecular formula is C23H27NO5. The van der Waals surface area contributed by atoms with Crippen LogP contribution in [0.15, 0.2) is 54.6 Å². The van der Waals surface area contributed by atoms with E-state index < -0.39 is 18.1 Å². The number of amides is 1. The highest BCUT2D eigenvalue weighted by Gasteiger charge is 2.29. The third-order valence-electron chi connectivity index (χ3n) is 4.48. The molecule has 0 radical (unpaired) electrons.